The van der Waals surface area contributed by atoms with Crippen molar-refractivity contribution in [3.05, 3.63) is 69.1 Å². The second kappa shape index (κ2) is 7.29. The van der Waals surface area contributed by atoms with Crippen molar-refractivity contribution in [2.75, 3.05) is 0 Å². The lowest BCUT2D eigenvalue weighted by atomic mass is 9.87. The molecule has 0 unspecified atom stereocenters. The SMILES string of the molecule is Cc1c(Cl)cccc1N=C1NC(=O)C(=Cc2ccc(C(C)(C)C)cc2)S1. The molecule has 1 fully saturated rings. The summed E-state index contributed by atoms with van der Waals surface area (Å²) in [5, 5.41) is 4.05. The first kappa shape index (κ1) is 18.7. The van der Waals surface area contributed by atoms with Crippen LogP contribution in [0.3, 0.4) is 0 Å². The Labute approximate surface area is 163 Å². The van der Waals surface area contributed by atoms with Gasteiger partial charge in [0.05, 0.1) is 10.6 Å². The Bertz CT molecular complexity index is 909. The first-order chi connectivity index (χ1) is 12.2. The van der Waals surface area contributed by atoms with Crippen molar-refractivity contribution in [1.29, 1.82) is 0 Å². The summed E-state index contributed by atoms with van der Waals surface area (Å²) >= 11 is 7.47. The van der Waals surface area contributed by atoms with Crippen LogP contribution in [0, 0.1) is 6.92 Å². The van der Waals surface area contributed by atoms with E-state index in [0.717, 1.165) is 16.8 Å². The Hall–Kier alpha value is -2.04. The molecular weight excluding hydrogens is 364 g/mol. The lowest BCUT2D eigenvalue weighted by Crippen LogP contribution is -2.19. The normalized spacial score (nSPS) is 17.8. The fraction of sp³-hybridized carbons (Fsp3) is 0.238. The first-order valence-corrected chi connectivity index (χ1v) is 9.59. The second-order valence-corrected chi connectivity index (χ2v) is 8.68. The van der Waals surface area contributed by atoms with Crippen LogP contribution in [-0.2, 0) is 10.2 Å². The average molecular weight is 385 g/mol. The lowest BCUT2D eigenvalue weighted by molar-refractivity contribution is -0.115. The van der Waals surface area contributed by atoms with Gasteiger partial charge in [-0.1, -0.05) is 62.7 Å². The van der Waals surface area contributed by atoms with Gasteiger partial charge in [-0.05, 0) is 59.0 Å². The van der Waals surface area contributed by atoms with Crippen LogP contribution in [0.1, 0.15) is 37.5 Å². The molecule has 1 saturated heterocycles. The van der Waals surface area contributed by atoms with Gasteiger partial charge >= 0.3 is 0 Å². The highest BCUT2D eigenvalue weighted by molar-refractivity contribution is 8.18. The number of aliphatic imine (C=N–C) groups is 1. The van der Waals surface area contributed by atoms with Gasteiger partial charge in [-0.2, -0.15) is 0 Å². The van der Waals surface area contributed by atoms with E-state index in [1.54, 1.807) is 0 Å². The Morgan fingerprint density at radius 2 is 1.81 bits per heavy atom. The van der Waals surface area contributed by atoms with Crippen molar-refractivity contribution in [2.45, 2.75) is 33.1 Å². The molecule has 0 aromatic heterocycles. The van der Waals surface area contributed by atoms with Gasteiger partial charge in [-0.15, -0.1) is 0 Å². The molecule has 2 aromatic rings. The summed E-state index contributed by atoms with van der Waals surface area (Å²) in [6.07, 6.45) is 1.89. The molecule has 3 nitrogen and oxygen atoms in total. The van der Waals surface area contributed by atoms with Crippen molar-refractivity contribution in [1.82, 2.24) is 5.32 Å². The third kappa shape index (κ3) is 4.19. The van der Waals surface area contributed by atoms with Gasteiger partial charge < -0.3 is 5.32 Å². The molecule has 1 amide bonds. The molecule has 1 aliphatic rings. The lowest BCUT2D eigenvalue weighted by Gasteiger charge is -2.18. The molecule has 1 N–H and O–H groups in total. The minimum atomic E-state index is -0.131. The van der Waals surface area contributed by atoms with E-state index in [9.17, 15) is 4.79 Å². The van der Waals surface area contributed by atoms with Gasteiger partial charge in [0.1, 0.15) is 0 Å². The predicted molar refractivity (Wildman–Crippen MR) is 112 cm³/mol. The van der Waals surface area contributed by atoms with Crippen LogP contribution in [-0.4, -0.2) is 11.1 Å². The van der Waals surface area contributed by atoms with Crippen LogP contribution in [0.25, 0.3) is 6.08 Å². The number of halogens is 1. The summed E-state index contributed by atoms with van der Waals surface area (Å²) in [6, 6.07) is 13.9. The van der Waals surface area contributed by atoms with Crippen LogP contribution in [0.5, 0.6) is 0 Å². The molecular formula is C21H21ClN2OS. The smallest absolute Gasteiger partial charge is 0.264 e. The van der Waals surface area contributed by atoms with Crippen molar-refractivity contribution in [2.24, 2.45) is 4.99 Å². The molecule has 1 heterocycles. The van der Waals surface area contributed by atoms with E-state index in [0.29, 0.717) is 15.1 Å². The molecule has 5 heteroatoms. The largest absolute Gasteiger partial charge is 0.300 e. The third-order valence-corrected chi connectivity index (χ3v) is 5.51. The number of benzene rings is 2. The fourth-order valence-electron chi connectivity index (χ4n) is 2.54. The number of nitrogens with zero attached hydrogens (tertiary/aromatic N) is 1. The number of carbonyl (C=O) groups excluding carboxylic acids is 1. The van der Waals surface area contributed by atoms with E-state index in [1.165, 1.54) is 17.3 Å². The van der Waals surface area contributed by atoms with Gasteiger partial charge in [0, 0.05) is 5.02 Å². The maximum atomic E-state index is 12.3. The Morgan fingerprint density at radius 3 is 2.46 bits per heavy atom. The fourth-order valence-corrected chi connectivity index (χ4v) is 3.54. The van der Waals surface area contributed by atoms with E-state index in [1.807, 2.05) is 43.3 Å². The number of rotatable bonds is 2. The van der Waals surface area contributed by atoms with Gasteiger partial charge in [-0.25, -0.2) is 4.99 Å². The van der Waals surface area contributed by atoms with Gasteiger partial charge in [-0.3, -0.25) is 4.79 Å². The second-order valence-electron chi connectivity index (χ2n) is 7.24. The van der Waals surface area contributed by atoms with Crippen LogP contribution in [0.4, 0.5) is 5.69 Å². The number of hydrogen-bond donors (Lipinski definition) is 1. The molecule has 0 aliphatic carbocycles. The van der Waals surface area contributed by atoms with Crippen molar-refractivity contribution >= 4 is 46.2 Å². The third-order valence-electron chi connectivity index (χ3n) is 4.19. The van der Waals surface area contributed by atoms with Gasteiger partial charge in [0.25, 0.3) is 5.91 Å². The number of thioether (sulfide) groups is 1. The van der Waals surface area contributed by atoms with E-state index in [4.69, 9.17) is 11.6 Å². The average Bonchev–Trinajstić information content (AvgIpc) is 2.91. The minimum absolute atomic E-state index is 0.111. The zero-order valence-electron chi connectivity index (χ0n) is 15.3. The summed E-state index contributed by atoms with van der Waals surface area (Å²) in [5.41, 5.74) is 4.03. The molecule has 0 bridgehead atoms. The summed E-state index contributed by atoms with van der Waals surface area (Å²) in [7, 11) is 0. The molecule has 3 rings (SSSR count). The van der Waals surface area contributed by atoms with E-state index in [-0.39, 0.29) is 11.3 Å². The molecule has 0 saturated carbocycles. The number of carbonyl (C=O) groups is 1. The summed E-state index contributed by atoms with van der Waals surface area (Å²) in [5.74, 6) is -0.131. The number of amidine groups is 1. The predicted octanol–water partition coefficient (Wildman–Crippen LogP) is 5.84. The van der Waals surface area contributed by atoms with Gasteiger partial charge in [0.15, 0.2) is 5.17 Å². The molecule has 1 aliphatic heterocycles. The van der Waals surface area contributed by atoms with E-state index in [2.05, 4.69) is 43.2 Å². The quantitative estimate of drug-likeness (QED) is 0.661. The zero-order valence-corrected chi connectivity index (χ0v) is 16.8. The maximum absolute atomic E-state index is 12.3. The number of hydrogen-bond acceptors (Lipinski definition) is 3. The number of nitrogens with one attached hydrogen (secondary N) is 1. The topological polar surface area (TPSA) is 41.5 Å². The van der Waals surface area contributed by atoms with Gasteiger partial charge in [0.2, 0.25) is 0 Å². The zero-order chi connectivity index (χ0) is 18.9. The minimum Gasteiger partial charge on any atom is -0.300 e. The molecule has 134 valence electrons. The molecule has 0 radical (unpaired) electrons. The molecule has 2 aromatic carbocycles. The molecule has 0 atom stereocenters. The van der Waals surface area contributed by atoms with E-state index < -0.39 is 0 Å². The molecule has 26 heavy (non-hydrogen) atoms. The highest BCUT2D eigenvalue weighted by Crippen LogP contribution is 2.31. The number of amides is 1. The van der Waals surface area contributed by atoms with Crippen LogP contribution in [0.2, 0.25) is 5.02 Å². The summed E-state index contributed by atoms with van der Waals surface area (Å²) < 4.78 is 0. The highest BCUT2D eigenvalue weighted by Gasteiger charge is 2.24. The molecule has 0 spiro atoms. The first-order valence-electron chi connectivity index (χ1n) is 8.39. The highest BCUT2D eigenvalue weighted by atomic mass is 35.5. The Kier molecular flexibility index (Phi) is 5.26. The van der Waals surface area contributed by atoms with Crippen molar-refractivity contribution < 1.29 is 4.79 Å². The maximum Gasteiger partial charge on any atom is 0.264 e. The van der Waals surface area contributed by atoms with Crippen molar-refractivity contribution in [3.63, 3.8) is 0 Å². The summed E-state index contributed by atoms with van der Waals surface area (Å²) in [4.78, 5) is 17.4. The van der Waals surface area contributed by atoms with E-state index >= 15 is 0 Å². The standard InChI is InChI=1S/C21H21ClN2OS/c1-13-16(22)6-5-7-17(13)23-20-24-19(25)18(26-20)12-14-8-10-15(11-9-14)21(2,3)4/h5-12H,1-4H3,(H,23,24,25). The van der Waals surface area contributed by atoms with Crippen LogP contribution in [0.15, 0.2) is 52.4 Å². The van der Waals surface area contributed by atoms with Crippen molar-refractivity contribution in [3.8, 4) is 0 Å². The Morgan fingerprint density at radius 1 is 1.12 bits per heavy atom. The Balaban J connectivity index is 1.82. The summed E-state index contributed by atoms with van der Waals surface area (Å²) in [6.45, 7) is 8.46. The monoisotopic (exact) mass is 384 g/mol. The van der Waals surface area contributed by atoms with Crippen LogP contribution >= 0.6 is 23.4 Å². The van der Waals surface area contributed by atoms with Crippen LogP contribution < -0.4 is 5.32 Å².